The summed E-state index contributed by atoms with van der Waals surface area (Å²) < 4.78 is 0. The van der Waals surface area contributed by atoms with E-state index in [1.807, 2.05) is 0 Å². The van der Waals surface area contributed by atoms with E-state index in [0.29, 0.717) is 6.42 Å². The standard InChI is InChI=1S/C18H36O2.2O.H2S.Ti/c1-2-3-4-5-6-7-8-9-10-11-12-13-14-15-16-17-18(19)20;;;;/h2-17H2,1H3,(H,19,20);;;1H2;/q;2*-2;;+4. The largest absolute Gasteiger partial charge is 4.00 e. The molecular formula is C18H38O4STi. The van der Waals surface area contributed by atoms with E-state index in [2.05, 4.69) is 6.92 Å². The molecule has 0 radical (unpaired) electrons. The van der Waals surface area contributed by atoms with E-state index in [4.69, 9.17) is 5.11 Å². The number of rotatable bonds is 16. The number of unbranched alkanes of at least 4 members (excludes halogenated alkanes) is 14. The quantitative estimate of drug-likeness (QED) is 0.247. The average molecular weight is 398 g/mol. The van der Waals surface area contributed by atoms with Gasteiger partial charge in [-0.2, -0.15) is 13.5 Å². The van der Waals surface area contributed by atoms with Crippen LogP contribution >= 0.6 is 13.5 Å². The molecule has 0 aliphatic heterocycles. The van der Waals surface area contributed by atoms with Gasteiger partial charge >= 0.3 is 27.7 Å². The molecule has 1 N–H and O–H groups in total. The fourth-order valence-corrected chi connectivity index (χ4v) is 2.65. The van der Waals surface area contributed by atoms with Gasteiger partial charge in [0.1, 0.15) is 0 Å². The first-order valence-electron chi connectivity index (χ1n) is 8.99. The van der Waals surface area contributed by atoms with Crippen molar-refractivity contribution in [1.82, 2.24) is 0 Å². The van der Waals surface area contributed by atoms with Gasteiger partial charge in [-0.15, -0.1) is 0 Å². The molecule has 0 amide bonds. The number of carboxylic acids is 1. The molecule has 0 saturated heterocycles. The molecule has 6 heteroatoms. The Morgan fingerprint density at radius 3 is 1.12 bits per heavy atom. The van der Waals surface area contributed by atoms with Crippen molar-refractivity contribution in [2.24, 2.45) is 0 Å². The normalized spacial score (nSPS) is 9.04. The van der Waals surface area contributed by atoms with Crippen LogP contribution in [-0.2, 0) is 37.5 Å². The van der Waals surface area contributed by atoms with Crippen molar-refractivity contribution < 1.29 is 42.6 Å². The molecule has 0 bridgehead atoms. The van der Waals surface area contributed by atoms with Crippen molar-refractivity contribution >= 4 is 19.5 Å². The van der Waals surface area contributed by atoms with Crippen LogP contribution in [0.25, 0.3) is 0 Å². The van der Waals surface area contributed by atoms with Gasteiger partial charge in [0.15, 0.2) is 0 Å². The molecule has 0 aromatic heterocycles. The Bertz CT molecular complexity index is 219. The summed E-state index contributed by atoms with van der Waals surface area (Å²) in [4.78, 5) is 10.3. The first kappa shape index (κ1) is 35.5. The van der Waals surface area contributed by atoms with Gasteiger partial charge in [-0.25, -0.2) is 0 Å². The molecule has 0 unspecified atom stereocenters. The van der Waals surface area contributed by atoms with Crippen LogP contribution in [0, 0.1) is 0 Å². The summed E-state index contributed by atoms with van der Waals surface area (Å²) >= 11 is 0. The number of hydrogen-bond donors (Lipinski definition) is 1. The Morgan fingerprint density at radius 1 is 0.625 bits per heavy atom. The molecule has 0 saturated carbocycles. The van der Waals surface area contributed by atoms with E-state index in [-0.39, 0.29) is 46.2 Å². The molecular weight excluding hydrogens is 360 g/mol. The number of carbonyl (C=O) groups is 1. The Morgan fingerprint density at radius 2 is 0.875 bits per heavy atom. The molecule has 0 atom stereocenters. The van der Waals surface area contributed by atoms with Crippen molar-refractivity contribution in [3.8, 4) is 0 Å². The van der Waals surface area contributed by atoms with Gasteiger partial charge < -0.3 is 16.1 Å². The van der Waals surface area contributed by atoms with Gasteiger partial charge in [0.25, 0.3) is 0 Å². The molecule has 0 heterocycles. The van der Waals surface area contributed by atoms with Crippen LogP contribution in [0.15, 0.2) is 0 Å². The van der Waals surface area contributed by atoms with Crippen LogP contribution in [0.2, 0.25) is 0 Å². The Labute approximate surface area is 171 Å². The van der Waals surface area contributed by atoms with Gasteiger partial charge in [0.05, 0.1) is 0 Å². The first-order valence-corrected chi connectivity index (χ1v) is 8.99. The summed E-state index contributed by atoms with van der Waals surface area (Å²) in [5, 5.41) is 8.52. The van der Waals surface area contributed by atoms with E-state index >= 15 is 0 Å². The second-order valence-corrected chi connectivity index (χ2v) is 6.09. The molecule has 0 rings (SSSR count). The molecule has 0 spiro atoms. The molecule has 144 valence electrons. The van der Waals surface area contributed by atoms with Gasteiger partial charge in [0, 0.05) is 6.42 Å². The van der Waals surface area contributed by atoms with E-state index in [1.165, 1.54) is 83.5 Å². The van der Waals surface area contributed by atoms with Crippen molar-refractivity contribution in [3.63, 3.8) is 0 Å². The van der Waals surface area contributed by atoms with E-state index < -0.39 is 5.97 Å². The van der Waals surface area contributed by atoms with Crippen molar-refractivity contribution in [3.05, 3.63) is 0 Å². The predicted octanol–water partition coefficient (Wildman–Crippen LogP) is 6.21. The second-order valence-electron chi connectivity index (χ2n) is 6.09. The molecule has 0 aromatic carbocycles. The SMILES string of the molecule is CCCCCCCCCCCCCCCCCC(=O)O.S.[O-2].[O-2].[Ti+4]. The van der Waals surface area contributed by atoms with Gasteiger partial charge in [0.2, 0.25) is 0 Å². The maximum Gasteiger partial charge on any atom is 4.00 e. The minimum atomic E-state index is -0.653. The van der Waals surface area contributed by atoms with E-state index in [1.54, 1.807) is 0 Å². The molecule has 0 fully saturated rings. The monoisotopic (exact) mass is 398 g/mol. The molecule has 0 aliphatic carbocycles. The molecule has 4 nitrogen and oxygen atoms in total. The van der Waals surface area contributed by atoms with Crippen LogP contribution in [0.4, 0.5) is 0 Å². The van der Waals surface area contributed by atoms with Crippen LogP contribution in [0.1, 0.15) is 110 Å². The Hall–Kier alpha value is 0.454. The topological polar surface area (TPSA) is 94.3 Å². The second kappa shape index (κ2) is 31.2. The predicted molar refractivity (Wildman–Crippen MR) is 98.9 cm³/mol. The summed E-state index contributed by atoms with van der Waals surface area (Å²) in [6.45, 7) is 2.27. The zero-order valence-corrected chi connectivity index (χ0v) is 18.0. The maximum atomic E-state index is 10.3. The smallest absolute Gasteiger partial charge is 2.00 e. The zero-order chi connectivity index (χ0) is 14.9. The third kappa shape index (κ3) is 33.9. The average Bonchev–Trinajstić information content (AvgIpc) is 2.43. The van der Waals surface area contributed by atoms with E-state index in [0.717, 1.165) is 12.8 Å². The van der Waals surface area contributed by atoms with Gasteiger partial charge in [-0.3, -0.25) is 4.79 Å². The van der Waals surface area contributed by atoms with E-state index in [9.17, 15) is 4.79 Å². The van der Waals surface area contributed by atoms with Crippen LogP contribution in [0.3, 0.4) is 0 Å². The fourth-order valence-electron chi connectivity index (χ4n) is 2.65. The number of carboxylic acid groups (broad SMARTS) is 1. The molecule has 24 heavy (non-hydrogen) atoms. The summed E-state index contributed by atoms with van der Waals surface area (Å²) in [6, 6.07) is 0. The molecule has 0 aliphatic rings. The third-order valence-corrected chi connectivity index (χ3v) is 3.99. The van der Waals surface area contributed by atoms with Crippen molar-refractivity contribution in [2.45, 2.75) is 110 Å². The van der Waals surface area contributed by atoms with Crippen molar-refractivity contribution in [1.29, 1.82) is 0 Å². The van der Waals surface area contributed by atoms with Gasteiger partial charge in [-0.1, -0.05) is 96.8 Å². The van der Waals surface area contributed by atoms with Gasteiger partial charge in [-0.05, 0) is 6.42 Å². The number of hydrogen-bond acceptors (Lipinski definition) is 1. The minimum Gasteiger partial charge on any atom is -2.00 e. The van der Waals surface area contributed by atoms with Crippen LogP contribution in [-0.4, -0.2) is 11.1 Å². The zero-order valence-electron chi connectivity index (χ0n) is 15.5. The van der Waals surface area contributed by atoms with Crippen LogP contribution in [0.5, 0.6) is 0 Å². The molecule has 0 aromatic rings. The summed E-state index contributed by atoms with van der Waals surface area (Å²) in [5.41, 5.74) is 0. The fraction of sp³-hybridized carbons (Fsp3) is 0.944. The summed E-state index contributed by atoms with van der Waals surface area (Å²) in [6.07, 6.45) is 20.2. The maximum absolute atomic E-state index is 10.3. The summed E-state index contributed by atoms with van der Waals surface area (Å²) in [5.74, 6) is -0.653. The first-order chi connectivity index (χ1) is 9.77. The third-order valence-electron chi connectivity index (χ3n) is 3.99. The summed E-state index contributed by atoms with van der Waals surface area (Å²) in [7, 11) is 0. The van der Waals surface area contributed by atoms with Crippen LogP contribution < -0.4 is 0 Å². The number of aliphatic carboxylic acids is 1. The Kier molecular flexibility index (Phi) is 46.3. The van der Waals surface area contributed by atoms with Crippen molar-refractivity contribution in [2.75, 3.05) is 0 Å². The minimum absolute atomic E-state index is 0. The Balaban J connectivity index is -0.000000301.